The molecule has 0 aliphatic carbocycles. The number of nitro groups is 1. The van der Waals surface area contributed by atoms with E-state index in [0.717, 1.165) is 12.8 Å². The first kappa shape index (κ1) is 16.5. The summed E-state index contributed by atoms with van der Waals surface area (Å²) in [5.41, 5.74) is 6.76. The Labute approximate surface area is 134 Å². The van der Waals surface area contributed by atoms with Crippen LogP contribution >= 0.6 is 0 Å². The number of carbonyl (C=O) groups excluding carboxylic acids is 1. The minimum atomic E-state index is -0.592. The molecule has 1 amide bonds. The Morgan fingerprint density at radius 1 is 1.26 bits per heavy atom. The molecule has 0 bridgehead atoms. The molecule has 0 aliphatic rings. The maximum absolute atomic E-state index is 12.2. The number of nitrogens with one attached hydrogen (secondary N) is 1. The predicted octanol–water partition coefficient (Wildman–Crippen LogP) is 2.93. The van der Waals surface area contributed by atoms with Gasteiger partial charge in [-0.3, -0.25) is 14.9 Å². The van der Waals surface area contributed by atoms with Crippen LogP contribution in [-0.2, 0) is 6.42 Å². The topological polar surface area (TPSA) is 98.3 Å². The summed E-state index contributed by atoms with van der Waals surface area (Å²) < 4.78 is 0. The van der Waals surface area contributed by atoms with Crippen LogP contribution in [0.1, 0.15) is 29.3 Å². The molecule has 23 heavy (non-hydrogen) atoms. The fourth-order valence-electron chi connectivity index (χ4n) is 2.25. The summed E-state index contributed by atoms with van der Waals surface area (Å²) in [7, 11) is 0. The molecular weight excluding hydrogens is 294 g/mol. The lowest BCUT2D eigenvalue weighted by molar-refractivity contribution is -0.383. The van der Waals surface area contributed by atoms with Crippen LogP contribution < -0.4 is 11.1 Å². The van der Waals surface area contributed by atoms with Gasteiger partial charge in [-0.25, -0.2) is 0 Å². The van der Waals surface area contributed by atoms with Gasteiger partial charge in [0.15, 0.2) is 0 Å². The Hall–Kier alpha value is -2.89. The minimum Gasteiger partial charge on any atom is -0.393 e. The summed E-state index contributed by atoms with van der Waals surface area (Å²) in [4.78, 5) is 22.5. The van der Waals surface area contributed by atoms with Crippen molar-refractivity contribution in [2.24, 2.45) is 0 Å². The highest BCUT2D eigenvalue weighted by Crippen LogP contribution is 2.22. The van der Waals surface area contributed by atoms with Gasteiger partial charge in [0.05, 0.1) is 4.92 Å². The molecule has 0 aromatic heterocycles. The van der Waals surface area contributed by atoms with E-state index in [2.05, 4.69) is 5.32 Å². The molecule has 3 N–H and O–H groups in total. The lowest BCUT2D eigenvalue weighted by atomic mass is 10.1. The van der Waals surface area contributed by atoms with Crippen molar-refractivity contribution in [3.8, 4) is 0 Å². The van der Waals surface area contributed by atoms with Gasteiger partial charge in [0.2, 0.25) is 0 Å². The van der Waals surface area contributed by atoms with E-state index in [9.17, 15) is 14.9 Å². The normalized spacial score (nSPS) is 11.7. The molecule has 6 nitrogen and oxygen atoms in total. The second-order valence-electron chi connectivity index (χ2n) is 5.43. The van der Waals surface area contributed by atoms with Crippen LogP contribution in [-0.4, -0.2) is 16.9 Å². The predicted molar refractivity (Wildman–Crippen MR) is 89.2 cm³/mol. The van der Waals surface area contributed by atoms with Crippen LogP contribution in [0.15, 0.2) is 48.5 Å². The largest absolute Gasteiger partial charge is 0.393 e. The first-order chi connectivity index (χ1) is 11.0. The van der Waals surface area contributed by atoms with Gasteiger partial charge in [-0.2, -0.15) is 0 Å². The molecule has 2 aromatic carbocycles. The molecular formula is C17H19N3O3. The number of hydrogen-bond acceptors (Lipinski definition) is 4. The number of aryl methyl sites for hydroxylation is 1. The van der Waals surface area contributed by atoms with E-state index < -0.39 is 4.92 Å². The Balaban J connectivity index is 1.96. The highest BCUT2D eigenvalue weighted by molar-refractivity contribution is 5.95. The highest BCUT2D eigenvalue weighted by Gasteiger charge is 2.16. The van der Waals surface area contributed by atoms with E-state index in [0.29, 0.717) is 0 Å². The second-order valence-corrected chi connectivity index (χ2v) is 5.43. The number of rotatable bonds is 6. The number of nitrogens with zero attached hydrogens (tertiary/aromatic N) is 1. The van der Waals surface area contributed by atoms with Crippen molar-refractivity contribution in [3.63, 3.8) is 0 Å². The average Bonchev–Trinajstić information content (AvgIpc) is 2.54. The van der Waals surface area contributed by atoms with Crippen molar-refractivity contribution in [1.82, 2.24) is 5.32 Å². The zero-order valence-corrected chi connectivity index (χ0v) is 12.9. The van der Waals surface area contributed by atoms with Gasteiger partial charge >= 0.3 is 0 Å². The molecule has 0 radical (unpaired) electrons. The molecule has 2 rings (SSSR count). The number of hydrogen-bond donors (Lipinski definition) is 2. The molecule has 120 valence electrons. The SMILES string of the molecule is CC(CCc1ccccc1)NC(=O)c1ccc(N)c([N+](=O)[O-])c1. The van der Waals surface area contributed by atoms with E-state index >= 15 is 0 Å². The molecule has 2 aromatic rings. The lowest BCUT2D eigenvalue weighted by Crippen LogP contribution is -2.32. The van der Waals surface area contributed by atoms with Crippen LogP contribution in [0.5, 0.6) is 0 Å². The Morgan fingerprint density at radius 2 is 1.96 bits per heavy atom. The van der Waals surface area contributed by atoms with Gasteiger partial charge in [0.25, 0.3) is 11.6 Å². The number of carbonyl (C=O) groups is 1. The number of nitrogens with two attached hydrogens (primary N) is 1. The van der Waals surface area contributed by atoms with Crippen LogP contribution in [0.25, 0.3) is 0 Å². The monoisotopic (exact) mass is 313 g/mol. The number of anilines is 1. The summed E-state index contributed by atoms with van der Waals surface area (Å²) in [6.07, 6.45) is 1.64. The van der Waals surface area contributed by atoms with Gasteiger partial charge < -0.3 is 11.1 Å². The molecule has 1 unspecified atom stereocenters. The summed E-state index contributed by atoms with van der Waals surface area (Å²) in [6, 6.07) is 14.0. The average molecular weight is 313 g/mol. The van der Waals surface area contributed by atoms with Gasteiger partial charge in [-0.1, -0.05) is 30.3 Å². The zero-order chi connectivity index (χ0) is 16.8. The van der Waals surface area contributed by atoms with E-state index in [1.54, 1.807) is 0 Å². The first-order valence-electron chi connectivity index (χ1n) is 7.36. The Morgan fingerprint density at radius 3 is 2.61 bits per heavy atom. The smallest absolute Gasteiger partial charge is 0.292 e. The molecule has 0 heterocycles. The minimum absolute atomic E-state index is 0.0423. The summed E-state index contributed by atoms with van der Waals surface area (Å²) in [5, 5.41) is 13.7. The third kappa shape index (κ3) is 4.54. The van der Waals surface area contributed by atoms with Gasteiger partial charge in [-0.15, -0.1) is 0 Å². The van der Waals surface area contributed by atoms with E-state index in [4.69, 9.17) is 5.73 Å². The summed E-state index contributed by atoms with van der Waals surface area (Å²) in [5.74, 6) is -0.339. The van der Waals surface area contributed by atoms with Crippen molar-refractivity contribution in [2.75, 3.05) is 5.73 Å². The maximum Gasteiger partial charge on any atom is 0.292 e. The van der Waals surface area contributed by atoms with E-state index in [1.165, 1.54) is 23.8 Å². The molecule has 0 saturated carbocycles. The van der Waals surface area contributed by atoms with Gasteiger partial charge in [0, 0.05) is 17.7 Å². The third-order valence-electron chi connectivity index (χ3n) is 3.58. The summed E-state index contributed by atoms with van der Waals surface area (Å²) in [6.45, 7) is 1.91. The van der Waals surface area contributed by atoms with Crippen LogP contribution in [0.3, 0.4) is 0 Å². The van der Waals surface area contributed by atoms with E-state index in [-0.39, 0.29) is 28.9 Å². The molecule has 1 atom stereocenters. The van der Waals surface area contributed by atoms with Crippen LogP contribution in [0, 0.1) is 10.1 Å². The highest BCUT2D eigenvalue weighted by atomic mass is 16.6. The van der Waals surface area contributed by atoms with Crippen molar-refractivity contribution >= 4 is 17.3 Å². The molecule has 6 heteroatoms. The fourth-order valence-corrected chi connectivity index (χ4v) is 2.25. The molecule has 0 spiro atoms. The standard InChI is InChI=1S/C17H19N3O3/c1-12(7-8-13-5-3-2-4-6-13)19-17(21)14-9-10-15(18)16(11-14)20(22)23/h2-6,9-12H,7-8,18H2,1H3,(H,19,21). The van der Waals surface area contributed by atoms with Crippen molar-refractivity contribution in [3.05, 3.63) is 69.8 Å². The Bertz CT molecular complexity index is 701. The van der Waals surface area contributed by atoms with Gasteiger partial charge in [-0.05, 0) is 37.5 Å². The second kappa shape index (κ2) is 7.40. The molecule has 0 aliphatic heterocycles. The van der Waals surface area contributed by atoms with Crippen LogP contribution in [0.2, 0.25) is 0 Å². The van der Waals surface area contributed by atoms with Crippen LogP contribution in [0.4, 0.5) is 11.4 Å². The van der Waals surface area contributed by atoms with Crippen molar-refractivity contribution in [2.45, 2.75) is 25.8 Å². The lowest BCUT2D eigenvalue weighted by Gasteiger charge is -2.14. The zero-order valence-electron chi connectivity index (χ0n) is 12.9. The quantitative estimate of drug-likeness (QED) is 0.486. The van der Waals surface area contributed by atoms with Crippen molar-refractivity contribution < 1.29 is 9.72 Å². The fraction of sp³-hybridized carbons (Fsp3) is 0.235. The van der Waals surface area contributed by atoms with Crippen molar-refractivity contribution in [1.29, 1.82) is 0 Å². The number of nitrogen functional groups attached to an aromatic ring is 1. The first-order valence-corrected chi connectivity index (χ1v) is 7.36. The number of amides is 1. The molecule has 0 fully saturated rings. The van der Waals surface area contributed by atoms with E-state index in [1.807, 2.05) is 37.3 Å². The molecule has 0 saturated heterocycles. The Kier molecular flexibility index (Phi) is 5.30. The number of benzene rings is 2. The third-order valence-corrected chi connectivity index (χ3v) is 3.58. The number of nitro benzene ring substituents is 1. The summed E-state index contributed by atoms with van der Waals surface area (Å²) >= 11 is 0. The maximum atomic E-state index is 12.2. The van der Waals surface area contributed by atoms with Gasteiger partial charge in [0.1, 0.15) is 5.69 Å².